The Morgan fingerprint density at radius 1 is 1.29 bits per heavy atom. The SMILES string of the molecule is CCC(CC)(CCl)CNCc1nc(C)c(C)s1. The van der Waals surface area contributed by atoms with Crippen molar-refractivity contribution < 1.29 is 0 Å². The van der Waals surface area contributed by atoms with Crippen molar-refractivity contribution >= 4 is 22.9 Å². The first-order valence-corrected chi connectivity index (χ1v) is 7.61. The zero-order valence-corrected chi connectivity index (χ0v) is 12.8. The molecule has 0 fully saturated rings. The van der Waals surface area contributed by atoms with Crippen molar-refractivity contribution in [2.75, 3.05) is 12.4 Å². The van der Waals surface area contributed by atoms with E-state index in [2.05, 4.69) is 38.0 Å². The van der Waals surface area contributed by atoms with E-state index in [1.54, 1.807) is 11.3 Å². The summed E-state index contributed by atoms with van der Waals surface area (Å²) in [7, 11) is 0. The lowest BCUT2D eigenvalue weighted by Gasteiger charge is -2.29. The monoisotopic (exact) mass is 274 g/mol. The molecule has 2 nitrogen and oxygen atoms in total. The molecule has 98 valence electrons. The molecule has 0 radical (unpaired) electrons. The minimum absolute atomic E-state index is 0.239. The average Bonchev–Trinajstić information content (AvgIpc) is 2.65. The van der Waals surface area contributed by atoms with Crippen molar-refractivity contribution in [3.8, 4) is 0 Å². The highest BCUT2D eigenvalue weighted by molar-refractivity contribution is 7.11. The molecule has 0 aromatic carbocycles. The van der Waals surface area contributed by atoms with Crippen LogP contribution in [0.1, 0.15) is 42.3 Å². The van der Waals surface area contributed by atoms with E-state index in [1.165, 1.54) is 9.88 Å². The summed E-state index contributed by atoms with van der Waals surface area (Å²) in [6.07, 6.45) is 2.24. The number of rotatable bonds is 7. The second-order valence-corrected chi connectivity index (χ2v) is 6.25. The van der Waals surface area contributed by atoms with Crippen molar-refractivity contribution in [3.63, 3.8) is 0 Å². The molecule has 0 saturated carbocycles. The number of alkyl halides is 1. The van der Waals surface area contributed by atoms with Gasteiger partial charge in [-0.25, -0.2) is 4.98 Å². The van der Waals surface area contributed by atoms with E-state index in [0.717, 1.165) is 37.5 Å². The molecule has 1 rings (SSSR count). The molecular weight excluding hydrogens is 252 g/mol. The quantitative estimate of drug-likeness (QED) is 0.763. The van der Waals surface area contributed by atoms with Crippen LogP contribution >= 0.6 is 22.9 Å². The van der Waals surface area contributed by atoms with Gasteiger partial charge in [0.15, 0.2) is 0 Å². The molecule has 0 amide bonds. The van der Waals surface area contributed by atoms with Crippen LogP contribution < -0.4 is 5.32 Å². The van der Waals surface area contributed by atoms with Gasteiger partial charge in [-0.1, -0.05) is 13.8 Å². The van der Waals surface area contributed by atoms with Crippen LogP contribution in [0.5, 0.6) is 0 Å². The molecule has 1 heterocycles. The summed E-state index contributed by atoms with van der Waals surface area (Å²) in [5.41, 5.74) is 1.39. The van der Waals surface area contributed by atoms with Gasteiger partial charge in [-0.05, 0) is 32.1 Å². The topological polar surface area (TPSA) is 24.9 Å². The van der Waals surface area contributed by atoms with Gasteiger partial charge in [0.1, 0.15) is 5.01 Å². The van der Waals surface area contributed by atoms with Crippen LogP contribution in [-0.2, 0) is 6.54 Å². The Kier molecular flexibility index (Phi) is 5.90. The lowest BCUT2D eigenvalue weighted by molar-refractivity contribution is 0.286. The van der Waals surface area contributed by atoms with Gasteiger partial charge in [-0.15, -0.1) is 22.9 Å². The maximum absolute atomic E-state index is 6.08. The van der Waals surface area contributed by atoms with Crippen LogP contribution in [0.3, 0.4) is 0 Å². The summed E-state index contributed by atoms with van der Waals surface area (Å²) in [4.78, 5) is 5.85. The van der Waals surface area contributed by atoms with E-state index >= 15 is 0 Å². The minimum Gasteiger partial charge on any atom is -0.310 e. The predicted octanol–water partition coefficient (Wildman–Crippen LogP) is 3.89. The first-order valence-electron chi connectivity index (χ1n) is 6.26. The lowest BCUT2D eigenvalue weighted by Crippen LogP contribution is -2.34. The number of aromatic nitrogens is 1. The number of halogens is 1. The molecule has 4 heteroatoms. The van der Waals surface area contributed by atoms with Crippen molar-refractivity contribution in [1.82, 2.24) is 10.3 Å². The summed E-state index contributed by atoms with van der Waals surface area (Å²) in [6, 6.07) is 0. The molecule has 0 aliphatic rings. The highest BCUT2D eigenvalue weighted by Crippen LogP contribution is 2.27. The number of thiazole rings is 1. The van der Waals surface area contributed by atoms with Gasteiger partial charge in [0.25, 0.3) is 0 Å². The third-order valence-corrected chi connectivity index (χ3v) is 5.27. The van der Waals surface area contributed by atoms with Gasteiger partial charge in [0, 0.05) is 23.8 Å². The summed E-state index contributed by atoms with van der Waals surface area (Å²) in [5, 5.41) is 4.68. The molecule has 1 aromatic heterocycles. The van der Waals surface area contributed by atoms with Gasteiger partial charge in [0.05, 0.1) is 5.69 Å². The fourth-order valence-electron chi connectivity index (χ4n) is 1.79. The Morgan fingerprint density at radius 2 is 1.94 bits per heavy atom. The van der Waals surface area contributed by atoms with E-state index in [4.69, 9.17) is 11.6 Å². The van der Waals surface area contributed by atoms with Gasteiger partial charge in [-0.3, -0.25) is 0 Å². The Labute approximate surface area is 114 Å². The number of hydrogen-bond acceptors (Lipinski definition) is 3. The minimum atomic E-state index is 0.239. The molecule has 0 bridgehead atoms. The summed E-state index contributed by atoms with van der Waals surface area (Å²) < 4.78 is 0. The highest BCUT2D eigenvalue weighted by Gasteiger charge is 2.24. The molecule has 0 aliphatic heterocycles. The third-order valence-electron chi connectivity index (χ3n) is 3.63. The first-order chi connectivity index (χ1) is 8.06. The van der Waals surface area contributed by atoms with Crippen LogP contribution in [0.25, 0.3) is 0 Å². The van der Waals surface area contributed by atoms with E-state index in [1.807, 2.05) is 0 Å². The number of nitrogens with zero attached hydrogens (tertiary/aromatic N) is 1. The average molecular weight is 275 g/mol. The van der Waals surface area contributed by atoms with Gasteiger partial charge < -0.3 is 5.32 Å². The van der Waals surface area contributed by atoms with E-state index in [9.17, 15) is 0 Å². The smallest absolute Gasteiger partial charge is 0.107 e. The number of hydrogen-bond donors (Lipinski definition) is 1. The van der Waals surface area contributed by atoms with Crippen LogP contribution in [0.4, 0.5) is 0 Å². The summed E-state index contributed by atoms with van der Waals surface area (Å²) in [5.74, 6) is 0.725. The maximum Gasteiger partial charge on any atom is 0.107 e. The molecule has 0 atom stereocenters. The zero-order chi connectivity index (χ0) is 12.9. The zero-order valence-electron chi connectivity index (χ0n) is 11.3. The predicted molar refractivity (Wildman–Crippen MR) is 77.0 cm³/mol. The van der Waals surface area contributed by atoms with E-state index in [-0.39, 0.29) is 5.41 Å². The third kappa shape index (κ3) is 3.94. The molecule has 0 spiro atoms. The van der Waals surface area contributed by atoms with Crippen molar-refractivity contribution in [2.24, 2.45) is 5.41 Å². The summed E-state index contributed by atoms with van der Waals surface area (Å²) >= 11 is 7.86. The van der Waals surface area contributed by atoms with E-state index in [0.29, 0.717) is 0 Å². The highest BCUT2D eigenvalue weighted by atomic mass is 35.5. The van der Waals surface area contributed by atoms with Crippen molar-refractivity contribution in [2.45, 2.75) is 47.1 Å². The second-order valence-electron chi connectivity index (χ2n) is 4.69. The molecular formula is C13H23ClN2S. The van der Waals surface area contributed by atoms with Crippen LogP contribution in [0.15, 0.2) is 0 Å². The molecule has 1 aromatic rings. The van der Waals surface area contributed by atoms with Crippen LogP contribution in [-0.4, -0.2) is 17.4 Å². The fraction of sp³-hybridized carbons (Fsp3) is 0.769. The first kappa shape index (κ1) is 14.9. The molecule has 17 heavy (non-hydrogen) atoms. The molecule has 1 N–H and O–H groups in total. The molecule has 0 aliphatic carbocycles. The largest absolute Gasteiger partial charge is 0.310 e. The Hall–Kier alpha value is -0.120. The second kappa shape index (κ2) is 6.72. The van der Waals surface area contributed by atoms with Crippen LogP contribution in [0, 0.1) is 19.3 Å². The normalized spacial score (nSPS) is 12.1. The Morgan fingerprint density at radius 3 is 2.35 bits per heavy atom. The van der Waals surface area contributed by atoms with Crippen molar-refractivity contribution in [1.29, 1.82) is 0 Å². The van der Waals surface area contributed by atoms with Crippen molar-refractivity contribution in [3.05, 3.63) is 15.6 Å². The number of nitrogens with one attached hydrogen (secondary N) is 1. The van der Waals surface area contributed by atoms with Crippen LogP contribution in [0.2, 0.25) is 0 Å². The standard InChI is InChI=1S/C13H23ClN2S/c1-5-13(6-2,8-14)9-15-7-12-16-10(3)11(4)17-12/h15H,5-9H2,1-4H3. The maximum atomic E-state index is 6.08. The summed E-state index contributed by atoms with van der Waals surface area (Å²) in [6.45, 7) is 10.4. The van der Waals surface area contributed by atoms with Gasteiger partial charge in [0.2, 0.25) is 0 Å². The molecule has 0 unspecified atom stereocenters. The number of aryl methyl sites for hydroxylation is 2. The Bertz CT molecular complexity index is 317. The van der Waals surface area contributed by atoms with E-state index < -0.39 is 0 Å². The lowest BCUT2D eigenvalue weighted by atomic mass is 9.84. The fourth-order valence-corrected chi connectivity index (χ4v) is 3.16. The molecule has 0 saturated heterocycles. The van der Waals surface area contributed by atoms with Gasteiger partial charge in [-0.2, -0.15) is 0 Å². The Balaban J connectivity index is 2.46. The van der Waals surface area contributed by atoms with Gasteiger partial charge >= 0.3 is 0 Å².